The second-order valence-corrected chi connectivity index (χ2v) is 11.1. The third-order valence-electron chi connectivity index (χ3n) is 9.63. The SMILES string of the molecule is CCCCC(=O)O[C@@]1(C(=O)CO)CC[C@@H]2[C@H]3CCC4=CC(=O)CC[C@]4(C)[C@@H]3[C@H](O)C[C@]21C. The minimum atomic E-state index is -1.37. The molecule has 0 bridgehead atoms. The predicted molar refractivity (Wildman–Crippen MR) is 119 cm³/mol. The number of ether oxygens (including phenoxy) is 1. The van der Waals surface area contributed by atoms with Crippen LogP contribution >= 0.6 is 0 Å². The molecule has 178 valence electrons. The number of allylic oxidation sites excluding steroid dienone is 1. The first kappa shape index (κ1) is 23.6. The van der Waals surface area contributed by atoms with Crippen LogP contribution in [-0.4, -0.2) is 46.1 Å². The molecule has 0 saturated heterocycles. The van der Waals surface area contributed by atoms with Crippen molar-refractivity contribution in [1.82, 2.24) is 0 Å². The molecule has 0 heterocycles. The topological polar surface area (TPSA) is 101 Å². The molecule has 0 aliphatic heterocycles. The molecule has 0 unspecified atom stereocenters. The summed E-state index contributed by atoms with van der Waals surface area (Å²) in [5, 5.41) is 21.4. The Bertz CT molecular complexity index is 832. The van der Waals surface area contributed by atoms with Crippen molar-refractivity contribution in [3.05, 3.63) is 11.6 Å². The summed E-state index contributed by atoms with van der Waals surface area (Å²) in [5.41, 5.74) is -1.12. The van der Waals surface area contributed by atoms with Gasteiger partial charge in [-0.15, -0.1) is 0 Å². The molecular formula is C26H38O6. The number of hydrogen-bond donors (Lipinski definition) is 2. The lowest BCUT2D eigenvalue weighted by Crippen LogP contribution is -2.63. The van der Waals surface area contributed by atoms with Gasteiger partial charge in [0.25, 0.3) is 0 Å². The Labute approximate surface area is 190 Å². The van der Waals surface area contributed by atoms with Crippen molar-refractivity contribution in [1.29, 1.82) is 0 Å². The van der Waals surface area contributed by atoms with Crippen LogP contribution in [0.5, 0.6) is 0 Å². The number of rotatable bonds is 6. The van der Waals surface area contributed by atoms with Crippen LogP contribution in [0.3, 0.4) is 0 Å². The summed E-state index contributed by atoms with van der Waals surface area (Å²) >= 11 is 0. The van der Waals surface area contributed by atoms with Gasteiger partial charge in [0.05, 0.1) is 6.10 Å². The molecule has 32 heavy (non-hydrogen) atoms. The fraction of sp³-hybridized carbons (Fsp3) is 0.808. The van der Waals surface area contributed by atoms with E-state index in [4.69, 9.17) is 4.74 Å². The van der Waals surface area contributed by atoms with Gasteiger partial charge in [-0.25, -0.2) is 0 Å². The van der Waals surface area contributed by atoms with Crippen LogP contribution in [0.25, 0.3) is 0 Å². The van der Waals surface area contributed by atoms with Gasteiger partial charge in [0.15, 0.2) is 11.4 Å². The average molecular weight is 447 g/mol. The normalized spacial score (nSPS) is 43.0. The van der Waals surface area contributed by atoms with Gasteiger partial charge in [-0.2, -0.15) is 0 Å². The Hall–Kier alpha value is -1.53. The molecule has 4 rings (SSSR count). The molecule has 4 aliphatic carbocycles. The van der Waals surface area contributed by atoms with E-state index in [1.165, 1.54) is 5.57 Å². The van der Waals surface area contributed by atoms with Crippen LogP contribution in [0, 0.1) is 28.6 Å². The summed E-state index contributed by atoms with van der Waals surface area (Å²) in [6.07, 6.45) is 7.44. The smallest absolute Gasteiger partial charge is 0.306 e. The Morgan fingerprint density at radius 3 is 2.62 bits per heavy atom. The summed E-state index contributed by atoms with van der Waals surface area (Å²) in [4.78, 5) is 37.9. The minimum absolute atomic E-state index is 0.0319. The maximum Gasteiger partial charge on any atom is 0.306 e. The van der Waals surface area contributed by atoms with Crippen molar-refractivity contribution in [2.24, 2.45) is 28.6 Å². The van der Waals surface area contributed by atoms with E-state index in [0.29, 0.717) is 25.7 Å². The van der Waals surface area contributed by atoms with Gasteiger partial charge >= 0.3 is 5.97 Å². The summed E-state index contributed by atoms with van der Waals surface area (Å²) in [6.45, 7) is 5.51. The quantitative estimate of drug-likeness (QED) is 0.606. The third kappa shape index (κ3) is 3.32. The zero-order valence-corrected chi connectivity index (χ0v) is 19.7. The lowest BCUT2D eigenvalue weighted by atomic mass is 9.45. The number of carbonyl (C=O) groups excluding carboxylic acids is 3. The van der Waals surface area contributed by atoms with E-state index in [2.05, 4.69) is 6.92 Å². The molecular weight excluding hydrogens is 408 g/mol. The molecule has 3 fully saturated rings. The Balaban J connectivity index is 1.70. The molecule has 0 aromatic heterocycles. The summed E-state index contributed by atoms with van der Waals surface area (Å²) in [5.74, 6) is -0.297. The number of carbonyl (C=O) groups is 3. The first-order valence-electron chi connectivity index (χ1n) is 12.4. The van der Waals surface area contributed by atoms with Crippen LogP contribution < -0.4 is 0 Å². The van der Waals surface area contributed by atoms with Crippen LogP contribution in [0.4, 0.5) is 0 Å². The Kier molecular flexibility index (Phi) is 6.17. The van der Waals surface area contributed by atoms with E-state index >= 15 is 0 Å². The maximum absolute atomic E-state index is 13.1. The summed E-state index contributed by atoms with van der Waals surface area (Å²) in [6, 6.07) is 0. The maximum atomic E-state index is 13.1. The molecule has 4 aliphatic rings. The van der Waals surface area contributed by atoms with E-state index in [9.17, 15) is 24.6 Å². The van der Waals surface area contributed by atoms with E-state index in [0.717, 1.165) is 32.1 Å². The number of Topliss-reactive ketones (excluding diaryl/α,β-unsaturated/α-hetero) is 1. The largest absolute Gasteiger partial charge is 0.450 e. The predicted octanol–water partition coefficient (Wildman–Crippen LogP) is 3.52. The van der Waals surface area contributed by atoms with Crippen molar-refractivity contribution in [2.45, 2.75) is 96.7 Å². The van der Waals surface area contributed by atoms with Gasteiger partial charge in [0.2, 0.25) is 5.78 Å². The number of aliphatic hydroxyl groups is 2. The van der Waals surface area contributed by atoms with Crippen molar-refractivity contribution in [2.75, 3.05) is 6.61 Å². The van der Waals surface area contributed by atoms with Crippen molar-refractivity contribution in [3.63, 3.8) is 0 Å². The second-order valence-electron chi connectivity index (χ2n) is 11.1. The van der Waals surface area contributed by atoms with Gasteiger partial charge in [-0.3, -0.25) is 14.4 Å². The highest BCUT2D eigenvalue weighted by molar-refractivity contribution is 5.92. The Morgan fingerprint density at radius 2 is 1.94 bits per heavy atom. The number of unbranched alkanes of at least 4 members (excludes halogenated alkanes) is 1. The summed E-state index contributed by atoms with van der Waals surface area (Å²) in [7, 11) is 0. The lowest BCUT2D eigenvalue weighted by Gasteiger charge is -2.60. The van der Waals surface area contributed by atoms with Crippen molar-refractivity contribution < 1.29 is 29.3 Å². The number of ketones is 2. The molecule has 6 heteroatoms. The molecule has 0 aromatic carbocycles. The van der Waals surface area contributed by atoms with Crippen LogP contribution in [0.15, 0.2) is 11.6 Å². The number of esters is 1. The summed E-state index contributed by atoms with van der Waals surface area (Å²) < 4.78 is 5.98. The van der Waals surface area contributed by atoms with E-state index in [-0.39, 0.29) is 35.4 Å². The van der Waals surface area contributed by atoms with Crippen LogP contribution in [0.1, 0.15) is 85.0 Å². The zero-order chi connectivity index (χ0) is 23.3. The standard InChI is InChI=1S/C26H38O6/c1-4-5-6-22(31)32-26(21(30)15-27)12-10-19-18-8-7-16-13-17(28)9-11-24(16,2)23(18)20(29)14-25(19,26)3/h13,18-20,23,27,29H,4-12,14-15H2,1-3H3/t18-,19-,20-,23+,24+,25-,26-/m1/s1. The molecule has 0 radical (unpaired) electrons. The first-order valence-corrected chi connectivity index (χ1v) is 12.4. The Morgan fingerprint density at radius 1 is 1.19 bits per heavy atom. The molecule has 0 amide bonds. The van der Waals surface area contributed by atoms with Gasteiger partial charge in [0.1, 0.15) is 6.61 Å². The highest BCUT2D eigenvalue weighted by Crippen LogP contribution is 2.68. The van der Waals surface area contributed by atoms with Gasteiger partial charge < -0.3 is 14.9 Å². The monoisotopic (exact) mass is 446 g/mol. The highest BCUT2D eigenvalue weighted by Gasteiger charge is 2.70. The molecule has 7 atom stereocenters. The van der Waals surface area contributed by atoms with E-state index < -0.39 is 35.5 Å². The van der Waals surface area contributed by atoms with Gasteiger partial charge in [-0.05, 0) is 74.2 Å². The third-order valence-corrected chi connectivity index (χ3v) is 9.63. The molecule has 2 N–H and O–H groups in total. The van der Waals surface area contributed by atoms with Gasteiger partial charge in [-0.1, -0.05) is 32.8 Å². The molecule has 3 saturated carbocycles. The van der Waals surface area contributed by atoms with E-state index in [1.54, 1.807) is 0 Å². The van der Waals surface area contributed by atoms with Gasteiger partial charge in [0, 0.05) is 18.3 Å². The lowest BCUT2D eigenvalue weighted by molar-refractivity contribution is -0.202. The van der Waals surface area contributed by atoms with Crippen LogP contribution in [0.2, 0.25) is 0 Å². The van der Waals surface area contributed by atoms with Crippen molar-refractivity contribution >= 4 is 17.5 Å². The average Bonchev–Trinajstić information content (AvgIpc) is 3.04. The second kappa shape index (κ2) is 8.35. The fourth-order valence-electron chi connectivity index (χ4n) is 8.05. The van der Waals surface area contributed by atoms with E-state index in [1.807, 2.05) is 19.9 Å². The molecule has 0 spiro atoms. The first-order chi connectivity index (χ1) is 15.1. The zero-order valence-electron chi connectivity index (χ0n) is 19.7. The number of hydrogen-bond acceptors (Lipinski definition) is 6. The van der Waals surface area contributed by atoms with Crippen molar-refractivity contribution in [3.8, 4) is 0 Å². The number of aliphatic hydroxyl groups excluding tert-OH is 2. The number of fused-ring (bicyclic) bond motifs is 5. The van der Waals surface area contributed by atoms with Crippen LogP contribution in [-0.2, 0) is 19.1 Å². The minimum Gasteiger partial charge on any atom is -0.450 e. The molecule has 6 nitrogen and oxygen atoms in total. The highest BCUT2D eigenvalue weighted by atomic mass is 16.6. The fourth-order valence-corrected chi connectivity index (χ4v) is 8.05. The molecule has 0 aromatic rings.